The summed E-state index contributed by atoms with van der Waals surface area (Å²) in [6, 6.07) is 5.94. The van der Waals surface area contributed by atoms with Gasteiger partial charge in [-0.15, -0.1) is 0 Å². The molecule has 0 bridgehead atoms. The van der Waals surface area contributed by atoms with Gasteiger partial charge in [-0.05, 0) is 48.1 Å². The molecule has 0 aromatic heterocycles. The molecular weight excluding hydrogens is 291 g/mol. The topological polar surface area (TPSA) is 29.3 Å². The molecule has 1 aromatic carbocycles. The maximum atomic E-state index is 6.12. The van der Waals surface area contributed by atoms with Crippen molar-refractivity contribution in [3.8, 4) is 0 Å². The Balaban J connectivity index is 2.17. The molecule has 20 heavy (non-hydrogen) atoms. The van der Waals surface area contributed by atoms with Crippen LogP contribution < -0.4 is 5.73 Å². The van der Waals surface area contributed by atoms with Crippen LogP contribution in [-0.4, -0.2) is 24.5 Å². The van der Waals surface area contributed by atoms with Crippen LogP contribution in [0.5, 0.6) is 0 Å². The molecule has 1 heterocycles. The van der Waals surface area contributed by atoms with E-state index in [9.17, 15) is 0 Å². The smallest absolute Gasteiger partial charge is 0.0471 e. The number of hydrogen-bond donors (Lipinski definition) is 1. The summed E-state index contributed by atoms with van der Waals surface area (Å²) < 4.78 is 0. The minimum Gasteiger partial charge on any atom is -0.329 e. The van der Waals surface area contributed by atoms with Gasteiger partial charge in [-0.3, -0.25) is 4.90 Å². The van der Waals surface area contributed by atoms with Crippen molar-refractivity contribution >= 4 is 23.2 Å². The van der Waals surface area contributed by atoms with Gasteiger partial charge in [0.05, 0.1) is 0 Å². The summed E-state index contributed by atoms with van der Waals surface area (Å²) in [5.74, 6) is 0.714. The zero-order valence-electron chi connectivity index (χ0n) is 12.5. The molecule has 1 aliphatic heterocycles. The molecule has 1 aromatic rings. The third kappa shape index (κ3) is 3.67. The first-order chi connectivity index (χ1) is 9.31. The van der Waals surface area contributed by atoms with Gasteiger partial charge in [-0.25, -0.2) is 0 Å². The molecule has 2 N–H and O–H groups in total. The summed E-state index contributed by atoms with van der Waals surface area (Å²) >= 11 is 12.2. The largest absolute Gasteiger partial charge is 0.329 e. The van der Waals surface area contributed by atoms with Gasteiger partial charge in [-0.1, -0.05) is 44.0 Å². The summed E-state index contributed by atoms with van der Waals surface area (Å²) in [5.41, 5.74) is 7.48. The van der Waals surface area contributed by atoms with E-state index in [1.807, 2.05) is 12.1 Å². The Morgan fingerprint density at radius 3 is 2.30 bits per heavy atom. The second-order valence-electron chi connectivity index (χ2n) is 6.80. The maximum Gasteiger partial charge on any atom is 0.0471 e. The first-order valence-electron chi connectivity index (χ1n) is 7.21. The van der Waals surface area contributed by atoms with Crippen LogP contribution in [0.4, 0.5) is 0 Å². The van der Waals surface area contributed by atoms with Gasteiger partial charge in [0.25, 0.3) is 0 Å². The molecule has 2 rings (SSSR count). The first kappa shape index (κ1) is 16.1. The van der Waals surface area contributed by atoms with Crippen LogP contribution in [0, 0.1) is 11.3 Å². The minimum absolute atomic E-state index is 0.207. The van der Waals surface area contributed by atoms with Gasteiger partial charge >= 0.3 is 0 Å². The van der Waals surface area contributed by atoms with Gasteiger partial charge in [0.2, 0.25) is 0 Å². The van der Waals surface area contributed by atoms with Gasteiger partial charge in [0, 0.05) is 29.2 Å². The number of likely N-dealkylation sites (tertiary alicyclic amines) is 1. The number of nitrogens with two attached hydrogens (primary N) is 1. The average molecular weight is 315 g/mol. The van der Waals surface area contributed by atoms with Crippen molar-refractivity contribution < 1.29 is 0 Å². The fraction of sp³-hybridized carbons (Fsp3) is 0.625. The first-order valence-corrected chi connectivity index (χ1v) is 7.97. The number of halogens is 2. The summed E-state index contributed by atoms with van der Waals surface area (Å²) in [6.07, 6.45) is 1.23. The van der Waals surface area contributed by atoms with E-state index in [4.69, 9.17) is 28.9 Å². The molecule has 0 amide bonds. The third-order valence-electron chi connectivity index (χ3n) is 4.38. The van der Waals surface area contributed by atoms with Crippen LogP contribution in [0.2, 0.25) is 10.0 Å². The lowest BCUT2D eigenvalue weighted by Crippen LogP contribution is -2.33. The fourth-order valence-electron chi connectivity index (χ4n) is 3.04. The zero-order valence-corrected chi connectivity index (χ0v) is 14.0. The molecular formula is C16H24Cl2N2. The van der Waals surface area contributed by atoms with Crippen LogP contribution in [-0.2, 0) is 0 Å². The molecule has 2 nitrogen and oxygen atoms in total. The third-order valence-corrected chi connectivity index (χ3v) is 4.81. The van der Waals surface area contributed by atoms with Gasteiger partial charge < -0.3 is 5.73 Å². The van der Waals surface area contributed by atoms with Crippen molar-refractivity contribution in [1.29, 1.82) is 0 Å². The number of benzene rings is 1. The molecule has 0 radical (unpaired) electrons. The number of rotatable bonds is 3. The zero-order chi connectivity index (χ0) is 14.9. The summed E-state index contributed by atoms with van der Waals surface area (Å²) in [7, 11) is 0. The molecule has 1 aliphatic rings. The quantitative estimate of drug-likeness (QED) is 0.898. The molecule has 0 aliphatic carbocycles. The van der Waals surface area contributed by atoms with Crippen LogP contribution in [0.3, 0.4) is 0 Å². The molecule has 0 spiro atoms. The van der Waals surface area contributed by atoms with E-state index in [-0.39, 0.29) is 6.04 Å². The Kier molecular flexibility index (Phi) is 5.01. The van der Waals surface area contributed by atoms with E-state index in [2.05, 4.69) is 25.7 Å². The fourth-order valence-corrected chi connectivity index (χ4v) is 3.58. The van der Waals surface area contributed by atoms with E-state index >= 15 is 0 Å². The van der Waals surface area contributed by atoms with E-state index < -0.39 is 0 Å². The van der Waals surface area contributed by atoms with Crippen molar-refractivity contribution in [2.45, 2.75) is 33.2 Å². The Morgan fingerprint density at radius 2 is 1.85 bits per heavy atom. The van der Waals surface area contributed by atoms with Crippen LogP contribution in [0.25, 0.3) is 0 Å². The second kappa shape index (κ2) is 6.23. The predicted molar refractivity (Wildman–Crippen MR) is 87.4 cm³/mol. The lowest BCUT2D eigenvalue weighted by molar-refractivity contribution is 0.197. The Morgan fingerprint density at radius 1 is 1.25 bits per heavy atom. The predicted octanol–water partition coefficient (Wildman–Crippen LogP) is 4.36. The molecule has 0 saturated carbocycles. The molecule has 1 fully saturated rings. The van der Waals surface area contributed by atoms with Crippen LogP contribution >= 0.6 is 23.2 Å². The monoisotopic (exact) mass is 314 g/mol. The highest BCUT2D eigenvalue weighted by Crippen LogP contribution is 2.37. The lowest BCUT2D eigenvalue weighted by atomic mass is 9.80. The van der Waals surface area contributed by atoms with Crippen LogP contribution in [0.15, 0.2) is 18.2 Å². The standard InChI is InChI=1S/C16H24Cl2N2/c1-16(2,3)12-4-5-20(10-12)15(9-19)11-6-13(17)8-14(18)7-11/h6-8,12,15H,4-5,9-10,19H2,1-3H3. The van der Waals surface area contributed by atoms with E-state index in [1.165, 1.54) is 6.42 Å². The maximum absolute atomic E-state index is 6.12. The van der Waals surface area contributed by atoms with E-state index in [0.29, 0.717) is 27.9 Å². The highest BCUT2D eigenvalue weighted by molar-refractivity contribution is 6.34. The van der Waals surface area contributed by atoms with Gasteiger partial charge in [0.15, 0.2) is 0 Å². The Labute approximate surface area is 132 Å². The van der Waals surface area contributed by atoms with Crippen molar-refractivity contribution in [3.63, 3.8) is 0 Å². The lowest BCUT2D eigenvalue weighted by Gasteiger charge is -2.30. The second-order valence-corrected chi connectivity index (χ2v) is 7.67. The molecule has 2 atom stereocenters. The van der Waals surface area contributed by atoms with Crippen molar-refractivity contribution in [2.24, 2.45) is 17.1 Å². The molecule has 1 saturated heterocycles. The number of nitrogens with zero attached hydrogens (tertiary/aromatic N) is 1. The molecule has 2 unspecified atom stereocenters. The molecule has 4 heteroatoms. The van der Waals surface area contributed by atoms with Crippen LogP contribution in [0.1, 0.15) is 38.8 Å². The highest BCUT2D eigenvalue weighted by atomic mass is 35.5. The minimum atomic E-state index is 0.207. The van der Waals surface area contributed by atoms with Crippen molar-refractivity contribution in [3.05, 3.63) is 33.8 Å². The number of hydrogen-bond acceptors (Lipinski definition) is 2. The van der Waals surface area contributed by atoms with Crippen molar-refractivity contribution in [2.75, 3.05) is 19.6 Å². The Hall–Kier alpha value is -0.280. The van der Waals surface area contributed by atoms with Gasteiger partial charge in [0.1, 0.15) is 0 Å². The van der Waals surface area contributed by atoms with E-state index in [0.717, 1.165) is 18.7 Å². The summed E-state index contributed by atoms with van der Waals surface area (Å²) in [4.78, 5) is 2.47. The normalized spacial score (nSPS) is 22.2. The SMILES string of the molecule is CC(C)(C)C1CCN(C(CN)c2cc(Cl)cc(Cl)c2)C1. The summed E-state index contributed by atoms with van der Waals surface area (Å²) in [6.45, 7) is 9.72. The average Bonchev–Trinajstić information content (AvgIpc) is 2.77. The van der Waals surface area contributed by atoms with Crippen molar-refractivity contribution in [1.82, 2.24) is 4.90 Å². The molecule has 112 valence electrons. The van der Waals surface area contributed by atoms with E-state index in [1.54, 1.807) is 6.07 Å². The summed E-state index contributed by atoms with van der Waals surface area (Å²) in [5, 5.41) is 1.36. The highest BCUT2D eigenvalue weighted by Gasteiger charge is 2.34. The Bertz CT molecular complexity index is 448. The van der Waals surface area contributed by atoms with Gasteiger partial charge in [-0.2, -0.15) is 0 Å².